The second kappa shape index (κ2) is 8.98. The summed E-state index contributed by atoms with van der Waals surface area (Å²) in [5.41, 5.74) is 5.90. The topological polar surface area (TPSA) is 17.3 Å². The monoisotopic (exact) mass is 436 g/mol. The Balaban J connectivity index is 0.00000210. The molecule has 4 rings (SSSR count). The van der Waals surface area contributed by atoms with Crippen LogP contribution in [0.3, 0.4) is 0 Å². The smallest absolute Gasteiger partial charge is 0.190 e. The van der Waals surface area contributed by atoms with E-state index in [9.17, 15) is 0 Å². The van der Waals surface area contributed by atoms with E-state index in [1.165, 1.54) is 22.4 Å². The van der Waals surface area contributed by atoms with Gasteiger partial charge in [0.05, 0.1) is 11.4 Å². The molecule has 4 aromatic rings. The number of halogens is 1. The molecule has 0 amide bonds. The van der Waals surface area contributed by atoms with Crippen molar-refractivity contribution in [2.45, 2.75) is 13.5 Å². The molecule has 0 spiro atoms. The highest BCUT2D eigenvalue weighted by Gasteiger charge is 2.07. The van der Waals surface area contributed by atoms with Gasteiger partial charge in [-0.05, 0) is 35.7 Å². The van der Waals surface area contributed by atoms with Crippen molar-refractivity contribution in [2.75, 3.05) is 0 Å². The number of para-hydroxylation sites is 1. The van der Waals surface area contributed by atoms with Gasteiger partial charge in [-0.3, -0.25) is 0 Å². The normalized spacial score (nSPS) is 11.2. The fourth-order valence-electron chi connectivity index (χ4n) is 3.03. The average Bonchev–Trinajstić information content (AvgIpc) is 3.12. The SMILES string of the molecule is Br.CCn1c(-c2ccc(-c3ccccc3)cc2)csc1=Nc1ccccc1. The highest BCUT2D eigenvalue weighted by molar-refractivity contribution is 8.93. The van der Waals surface area contributed by atoms with E-state index in [-0.39, 0.29) is 17.0 Å². The Hall–Kier alpha value is -2.43. The summed E-state index contributed by atoms with van der Waals surface area (Å²) in [5, 5.41) is 2.20. The maximum atomic E-state index is 4.80. The standard InChI is InChI=1S/C23H20N2S.BrH/c1-2-25-22(17-26-23(25)24-21-11-7-4-8-12-21)20-15-13-19(14-16-20)18-9-5-3-6-10-18;/h3-17H,2H2,1H3;1H. The number of thiazole rings is 1. The van der Waals surface area contributed by atoms with Crippen LogP contribution in [0.4, 0.5) is 5.69 Å². The molecule has 4 heteroatoms. The number of hydrogen-bond acceptors (Lipinski definition) is 2. The van der Waals surface area contributed by atoms with Crippen LogP contribution in [0, 0.1) is 0 Å². The van der Waals surface area contributed by atoms with Gasteiger partial charge in [0.25, 0.3) is 0 Å². The molecule has 1 heterocycles. The van der Waals surface area contributed by atoms with Gasteiger partial charge < -0.3 is 4.57 Å². The molecule has 0 aliphatic carbocycles. The zero-order chi connectivity index (χ0) is 17.8. The van der Waals surface area contributed by atoms with Crippen LogP contribution in [0.1, 0.15) is 6.92 Å². The summed E-state index contributed by atoms with van der Waals surface area (Å²) in [6.07, 6.45) is 0. The van der Waals surface area contributed by atoms with Crippen molar-refractivity contribution in [3.05, 3.63) is 95.1 Å². The lowest BCUT2D eigenvalue weighted by Crippen LogP contribution is -2.14. The van der Waals surface area contributed by atoms with Gasteiger partial charge in [-0.25, -0.2) is 4.99 Å². The van der Waals surface area contributed by atoms with Crippen LogP contribution >= 0.6 is 28.3 Å². The molecule has 136 valence electrons. The number of nitrogens with zero attached hydrogens (tertiary/aromatic N) is 2. The predicted molar refractivity (Wildman–Crippen MR) is 121 cm³/mol. The van der Waals surface area contributed by atoms with E-state index in [0.29, 0.717) is 0 Å². The summed E-state index contributed by atoms with van der Waals surface area (Å²) in [5.74, 6) is 0. The van der Waals surface area contributed by atoms with Crippen LogP contribution in [0.15, 0.2) is 95.3 Å². The molecule has 0 fully saturated rings. The summed E-state index contributed by atoms with van der Waals surface area (Å²) in [7, 11) is 0. The van der Waals surface area contributed by atoms with Gasteiger partial charge in [0.1, 0.15) is 0 Å². The van der Waals surface area contributed by atoms with Gasteiger partial charge in [-0.1, -0.05) is 72.8 Å². The minimum Gasteiger partial charge on any atom is -0.317 e. The van der Waals surface area contributed by atoms with E-state index in [2.05, 4.69) is 65.4 Å². The highest BCUT2D eigenvalue weighted by Crippen LogP contribution is 2.25. The van der Waals surface area contributed by atoms with E-state index in [1.54, 1.807) is 11.3 Å². The minimum absolute atomic E-state index is 0. The second-order valence-corrected chi connectivity index (χ2v) is 6.88. The molecule has 0 radical (unpaired) electrons. The van der Waals surface area contributed by atoms with Gasteiger partial charge in [-0.2, -0.15) is 0 Å². The van der Waals surface area contributed by atoms with Crippen LogP contribution in [-0.2, 0) is 6.54 Å². The van der Waals surface area contributed by atoms with E-state index >= 15 is 0 Å². The predicted octanol–water partition coefficient (Wildman–Crippen LogP) is 6.71. The lowest BCUT2D eigenvalue weighted by Gasteiger charge is -2.08. The van der Waals surface area contributed by atoms with E-state index < -0.39 is 0 Å². The van der Waals surface area contributed by atoms with Crippen LogP contribution in [0.5, 0.6) is 0 Å². The molecular formula is C23H21BrN2S. The van der Waals surface area contributed by atoms with Gasteiger partial charge in [0.15, 0.2) is 4.80 Å². The lowest BCUT2D eigenvalue weighted by atomic mass is 10.0. The van der Waals surface area contributed by atoms with Crippen molar-refractivity contribution in [3.8, 4) is 22.4 Å². The molecule has 0 saturated carbocycles. The molecule has 27 heavy (non-hydrogen) atoms. The summed E-state index contributed by atoms with van der Waals surface area (Å²) in [4.78, 5) is 5.83. The fraction of sp³-hybridized carbons (Fsp3) is 0.0870. The van der Waals surface area contributed by atoms with Gasteiger partial charge in [-0.15, -0.1) is 28.3 Å². The Labute approximate surface area is 174 Å². The first-order chi connectivity index (χ1) is 12.8. The van der Waals surface area contributed by atoms with Crippen LogP contribution < -0.4 is 4.80 Å². The molecule has 3 aromatic carbocycles. The van der Waals surface area contributed by atoms with Gasteiger partial charge in [0, 0.05) is 11.9 Å². The summed E-state index contributed by atoms with van der Waals surface area (Å²) in [6, 6.07) is 29.4. The van der Waals surface area contributed by atoms with Crippen molar-refractivity contribution in [1.29, 1.82) is 0 Å². The molecule has 0 bridgehead atoms. The fourth-order valence-corrected chi connectivity index (χ4v) is 4.03. The zero-order valence-electron chi connectivity index (χ0n) is 15.1. The van der Waals surface area contributed by atoms with Gasteiger partial charge >= 0.3 is 0 Å². The van der Waals surface area contributed by atoms with Crippen molar-refractivity contribution in [3.63, 3.8) is 0 Å². The highest BCUT2D eigenvalue weighted by atomic mass is 79.9. The molecule has 0 aliphatic rings. The molecule has 0 aliphatic heterocycles. The molecule has 2 nitrogen and oxygen atoms in total. The van der Waals surface area contributed by atoms with Gasteiger partial charge in [0.2, 0.25) is 0 Å². The Morgan fingerprint density at radius 2 is 1.30 bits per heavy atom. The summed E-state index contributed by atoms with van der Waals surface area (Å²) < 4.78 is 2.27. The largest absolute Gasteiger partial charge is 0.317 e. The molecule has 0 N–H and O–H groups in total. The number of rotatable bonds is 4. The average molecular weight is 437 g/mol. The van der Waals surface area contributed by atoms with Crippen LogP contribution in [0.25, 0.3) is 22.4 Å². The molecule has 0 unspecified atom stereocenters. The van der Waals surface area contributed by atoms with Crippen molar-refractivity contribution >= 4 is 34.0 Å². The Morgan fingerprint density at radius 3 is 1.93 bits per heavy atom. The number of hydrogen-bond donors (Lipinski definition) is 0. The first-order valence-electron chi connectivity index (χ1n) is 8.79. The molecule has 0 atom stereocenters. The van der Waals surface area contributed by atoms with Crippen LogP contribution in [-0.4, -0.2) is 4.57 Å². The number of aromatic nitrogens is 1. The van der Waals surface area contributed by atoms with Crippen molar-refractivity contribution in [2.24, 2.45) is 4.99 Å². The van der Waals surface area contributed by atoms with Crippen molar-refractivity contribution < 1.29 is 0 Å². The first kappa shape index (κ1) is 19.3. The number of benzene rings is 3. The van der Waals surface area contributed by atoms with E-state index in [1.807, 2.05) is 36.4 Å². The molecular weight excluding hydrogens is 416 g/mol. The maximum absolute atomic E-state index is 4.80. The zero-order valence-corrected chi connectivity index (χ0v) is 17.6. The Bertz CT molecular complexity index is 1050. The minimum atomic E-state index is 0. The van der Waals surface area contributed by atoms with Crippen LogP contribution in [0.2, 0.25) is 0 Å². The quantitative estimate of drug-likeness (QED) is 0.338. The Morgan fingerprint density at radius 1 is 0.741 bits per heavy atom. The lowest BCUT2D eigenvalue weighted by molar-refractivity contribution is 0.745. The third-order valence-electron chi connectivity index (χ3n) is 4.38. The third-order valence-corrected chi connectivity index (χ3v) is 5.25. The third kappa shape index (κ3) is 4.29. The van der Waals surface area contributed by atoms with Crippen molar-refractivity contribution in [1.82, 2.24) is 4.57 Å². The Kier molecular flexibility index (Phi) is 6.43. The second-order valence-electron chi connectivity index (χ2n) is 6.04. The van der Waals surface area contributed by atoms with E-state index in [4.69, 9.17) is 4.99 Å². The molecule has 1 aromatic heterocycles. The first-order valence-corrected chi connectivity index (χ1v) is 9.67. The van der Waals surface area contributed by atoms with E-state index in [0.717, 1.165) is 17.0 Å². The summed E-state index contributed by atoms with van der Waals surface area (Å²) >= 11 is 1.69. The summed E-state index contributed by atoms with van der Waals surface area (Å²) in [6.45, 7) is 3.06. The molecule has 0 saturated heterocycles. The maximum Gasteiger partial charge on any atom is 0.190 e.